The first kappa shape index (κ1) is 11.9. The van der Waals surface area contributed by atoms with Gasteiger partial charge in [-0.3, -0.25) is 0 Å². The number of nitrogens with two attached hydrogens (primary N) is 1. The molecule has 0 unspecified atom stereocenters. The molecule has 0 saturated heterocycles. The van der Waals surface area contributed by atoms with Crippen LogP contribution in [0.1, 0.15) is 24.9 Å². The predicted octanol–water partition coefficient (Wildman–Crippen LogP) is 1.61. The minimum atomic E-state index is -0.355. The smallest absolute Gasteiger partial charge is 0.131 e. The summed E-state index contributed by atoms with van der Waals surface area (Å²) in [5.41, 5.74) is 6.05. The highest BCUT2D eigenvalue weighted by Gasteiger charge is 2.07. The standard InChI is InChI=1S/C11H16FNO2/c1-8(13)10-4-3-9(7-11(10)12)15-6-2-5-14/h3-4,7-8,14H,2,5-6,13H2,1H3/t8-/m0/s1. The first-order valence-corrected chi connectivity index (χ1v) is 4.94. The zero-order chi connectivity index (χ0) is 11.3. The molecule has 1 rings (SSSR count). The largest absolute Gasteiger partial charge is 0.493 e. The van der Waals surface area contributed by atoms with Crippen LogP contribution in [0.4, 0.5) is 4.39 Å². The molecule has 0 aliphatic rings. The number of aliphatic hydroxyl groups excluding tert-OH is 1. The van der Waals surface area contributed by atoms with Gasteiger partial charge in [0.15, 0.2) is 0 Å². The van der Waals surface area contributed by atoms with Crippen LogP contribution >= 0.6 is 0 Å². The Hall–Kier alpha value is -1.13. The second kappa shape index (κ2) is 5.68. The molecule has 0 spiro atoms. The van der Waals surface area contributed by atoms with Gasteiger partial charge in [-0.15, -0.1) is 0 Å². The Labute approximate surface area is 88.7 Å². The fraction of sp³-hybridized carbons (Fsp3) is 0.455. The Morgan fingerprint density at radius 3 is 2.80 bits per heavy atom. The van der Waals surface area contributed by atoms with Crippen LogP contribution < -0.4 is 10.5 Å². The summed E-state index contributed by atoms with van der Waals surface area (Å²) in [5, 5.41) is 8.55. The van der Waals surface area contributed by atoms with Crippen LogP contribution in [0.3, 0.4) is 0 Å². The van der Waals surface area contributed by atoms with Crippen molar-refractivity contribution in [3.05, 3.63) is 29.6 Å². The topological polar surface area (TPSA) is 55.5 Å². The summed E-state index contributed by atoms with van der Waals surface area (Å²) >= 11 is 0. The lowest BCUT2D eigenvalue weighted by atomic mass is 10.1. The quantitative estimate of drug-likeness (QED) is 0.730. The molecule has 1 aromatic rings. The van der Waals surface area contributed by atoms with E-state index in [4.69, 9.17) is 15.6 Å². The highest BCUT2D eigenvalue weighted by molar-refractivity contribution is 5.30. The number of aliphatic hydroxyl groups is 1. The summed E-state index contributed by atoms with van der Waals surface area (Å²) in [6, 6.07) is 4.29. The molecule has 3 N–H and O–H groups in total. The Balaban J connectivity index is 2.65. The van der Waals surface area contributed by atoms with Gasteiger partial charge in [0.25, 0.3) is 0 Å². The van der Waals surface area contributed by atoms with Crippen molar-refractivity contribution in [3.8, 4) is 5.75 Å². The zero-order valence-corrected chi connectivity index (χ0v) is 8.74. The molecule has 0 amide bonds. The van der Waals surface area contributed by atoms with Gasteiger partial charge in [-0.25, -0.2) is 4.39 Å². The zero-order valence-electron chi connectivity index (χ0n) is 8.74. The van der Waals surface area contributed by atoms with Crippen molar-refractivity contribution in [1.82, 2.24) is 0 Å². The first-order valence-electron chi connectivity index (χ1n) is 4.94. The average molecular weight is 213 g/mol. The van der Waals surface area contributed by atoms with E-state index in [0.717, 1.165) is 0 Å². The molecule has 1 atom stereocenters. The third-order valence-corrected chi connectivity index (χ3v) is 2.03. The second-order valence-corrected chi connectivity index (χ2v) is 3.40. The van der Waals surface area contributed by atoms with Crippen molar-refractivity contribution >= 4 is 0 Å². The SMILES string of the molecule is C[C@H](N)c1ccc(OCCCO)cc1F. The molecule has 3 nitrogen and oxygen atoms in total. The first-order chi connectivity index (χ1) is 7.15. The highest BCUT2D eigenvalue weighted by Crippen LogP contribution is 2.20. The van der Waals surface area contributed by atoms with Gasteiger partial charge in [0.05, 0.1) is 6.61 Å². The van der Waals surface area contributed by atoms with E-state index < -0.39 is 0 Å². The lowest BCUT2D eigenvalue weighted by Gasteiger charge is -2.09. The predicted molar refractivity (Wildman–Crippen MR) is 56.2 cm³/mol. The monoisotopic (exact) mass is 213 g/mol. The Kier molecular flexibility index (Phi) is 4.52. The normalized spacial score (nSPS) is 12.5. The minimum absolute atomic E-state index is 0.0698. The lowest BCUT2D eigenvalue weighted by molar-refractivity contribution is 0.233. The molecule has 4 heteroatoms. The van der Waals surface area contributed by atoms with Gasteiger partial charge in [0, 0.05) is 30.7 Å². The van der Waals surface area contributed by atoms with E-state index in [2.05, 4.69) is 0 Å². The van der Waals surface area contributed by atoms with E-state index in [1.807, 2.05) is 0 Å². The summed E-state index contributed by atoms with van der Waals surface area (Å²) in [4.78, 5) is 0. The fourth-order valence-corrected chi connectivity index (χ4v) is 1.22. The van der Waals surface area contributed by atoms with Crippen molar-refractivity contribution in [2.24, 2.45) is 5.73 Å². The van der Waals surface area contributed by atoms with Gasteiger partial charge in [0.2, 0.25) is 0 Å². The summed E-state index contributed by atoms with van der Waals surface area (Å²) < 4.78 is 18.6. The minimum Gasteiger partial charge on any atom is -0.493 e. The Bertz CT molecular complexity index is 315. The van der Waals surface area contributed by atoms with Gasteiger partial charge in [-0.2, -0.15) is 0 Å². The molecule has 0 aliphatic carbocycles. The lowest BCUT2D eigenvalue weighted by Crippen LogP contribution is -2.08. The van der Waals surface area contributed by atoms with Crippen LogP contribution in [0.5, 0.6) is 5.75 Å². The Morgan fingerprint density at radius 1 is 1.53 bits per heavy atom. The maximum atomic E-state index is 13.4. The number of halogens is 1. The van der Waals surface area contributed by atoms with Crippen molar-refractivity contribution in [2.45, 2.75) is 19.4 Å². The third kappa shape index (κ3) is 3.49. The van der Waals surface area contributed by atoms with Crippen LogP contribution in [0.25, 0.3) is 0 Å². The number of rotatable bonds is 5. The van der Waals surface area contributed by atoms with Gasteiger partial charge in [-0.05, 0) is 13.0 Å². The van der Waals surface area contributed by atoms with Crippen molar-refractivity contribution in [1.29, 1.82) is 0 Å². The van der Waals surface area contributed by atoms with Crippen LogP contribution in [-0.4, -0.2) is 18.3 Å². The Morgan fingerprint density at radius 2 is 2.27 bits per heavy atom. The molecular formula is C11H16FNO2. The molecule has 0 heterocycles. The van der Waals surface area contributed by atoms with Crippen molar-refractivity contribution < 1.29 is 14.2 Å². The molecule has 15 heavy (non-hydrogen) atoms. The van der Waals surface area contributed by atoms with E-state index in [1.165, 1.54) is 6.07 Å². The number of hydrogen-bond acceptors (Lipinski definition) is 3. The number of hydrogen-bond donors (Lipinski definition) is 2. The average Bonchev–Trinajstić information content (AvgIpc) is 2.17. The van der Waals surface area contributed by atoms with Gasteiger partial charge < -0.3 is 15.6 Å². The molecule has 0 saturated carbocycles. The highest BCUT2D eigenvalue weighted by atomic mass is 19.1. The number of ether oxygens (including phenoxy) is 1. The van der Waals surface area contributed by atoms with Crippen molar-refractivity contribution in [3.63, 3.8) is 0 Å². The van der Waals surface area contributed by atoms with Gasteiger partial charge >= 0.3 is 0 Å². The summed E-state index contributed by atoms with van der Waals surface area (Å²) in [6.07, 6.45) is 0.538. The van der Waals surface area contributed by atoms with E-state index in [0.29, 0.717) is 24.3 Å². The molecule has 0 bridgehead atoms. The fourth-order valence-electron chi connectivity index (χ4n) is 1.22. The molecule has 0 radical (unpaired) electrons. The second-order valence-electron chi connectivity index (χ2n) is 3.40. The van der Waals surface area contributed by atoms with Crippen LogP contribution in [0.2, 0.25) is 0 Å². The number of benzene rings is 1. The molecule has 1 aromatic carbocycles. The summed E-state index contributed by atoms with van der Waals surface area (Å²) in [6.45, 7) is 2.18. The maximum absolute atomic E-state index is 13.4. The van der Waals surface area contributed by atoms with Crippen LogP contribution in [-0.2, 0) is 0 Å². The van der Waals surface area contributed by atoms with E-state index in [1.54, 1.807) is 19.1 Å². The van der Waals surface area contributed by atoms with Gasteiger partial charge in [-0.1, -0.05) is 6.07 Å². The molecular weight excluding hydrogens is 197 g/mol. The molecule has 0 aliphatic heterocycles. The van der Waals surface area contributed by atoms with Crippen molar-refractivity contribution in [2.75, 3.05) is 13.2 Å². The molecule has 0 aromatic heterocycles. The van der Waals surface area contributed by atoms with E-state index >= 15 is 0 Å². The van der Waals surface area contributed by atoms with Crippen LogP contribution in [0, 0.1) is 5.82 Å². The maximum Gasteiger partial charge on any atom is 0.131 e. The summed E-state index contributed by atoms with van der Waals surface area (Å²) in [7, 11) is 0. The summed E-state index contributed by atoms with van der Waals surface area (Å²) in [5.74, 6) is 0.108. The molecule has 0 fully saturated rings. The van der Waals surface area contributed by atoms with E-state index in [9.17, 15) is 4.39 Å². The molecule has 84 valence electrons. The van der Waals surface area contributed by atoms with Gasteiger partial charge in [0.1, 0.15) is 11.6 Å². The third-order valence-electron chi connectivity index (χ3n) is 2.03. The van der Waals surface area contributed by atoms with Crippen LogP contribution in [0.15, 0.2) is 18.2 Å². The van der Waals surface area contributed by atoms with E-state index in [-0.39, 0.29) is 18.5 Å².